The molecule has 2 heterocycles. The summed E-state index contributed by atoms with van der Waals surface area (Å²) in [5.41, 5.74) is 0.0779. The summed E-state index contributed by atoms with van der Waals surface area (Å²) in [7, 11) is 0. The van der Waals surface area contributed by atoms with Gasteiger partial charge in [-0.1, -0.05) is 13.8 Å². The highest BCUT2D eigenvalue weighted by Gasteiger charge is 2.38. The number of hydrogen-bond donors (Lipinski definition) is 0. The number of ether oxygens (including phenoxy) is 1. The van der Waals surface area contributed by atoms with Crippen molar-refractivity contribution in [2.75, 3.05) is 19.7 Å². The molecule has 16 heavy (non-hydrogen) atoms. The molecule has 2 aliphatic heterocycles. The summed E-state index contributed by atoms with van der Waals surface area (Å²) >= 11 is 0. The van der Waals surface area contributed by atoms with Gasteiger partial charge in [0.2, 0.25) is 0 Å². The van der Waals surface area contributed by atoms with Gasteiger partial charge in [-0.25, -0.2) is 0 Å². The van der Waals surface area contributed by atoms with Crippen molar-refractivity contribution in [2.24, 2.45) is 0 Å². The molecule has 0 amide bonds. The Hall–Kier alpha value is -0.410. The van der Waals surface area contributed by atoms with Crippen molar-refractivity contribution in [1.82, 2.24) is 4.90 Å². The predicted molar refractivity (Wildman–Crippen MR) is 63.5 cm³/mol. The first-order chi connectivity index (χ1) is 7.69. The summed E-state index contributed by atoms with van der Waals surface area (Å²) in [4.78, 5) is 13.7. The molecule has 2 rings (SSSR count). The van der Waals surface area contributed by atoms with Crippen molar-refractivity contribution in [2.45, 2.75) is 57.6 Å². The Morgan fingerprint density at radius 2 is 2.19 bits per heavy atom. The second-order valence-electron chi connectivity index (χ2n) is 5.14. The molecule has 0 aliphatic carbocycles. The number of hydrogen-bond acceptors (Lipinski definition) is 3. The van der Waals surface area contributed by atoms with E-state index in [1.165, 1.54) is 0 Å². The van der Waals surface area contributed by atoms with Crippen LogP contribution in [0.2, 0.25) is 0 Å². The van der Waals surface area contributed by atoms with Crippen molar-refractivity contribution in [3.8, 4) is 0 Å². The van der Waals surface area contributed by atoms with E-state index in [0.717, 1.165) is 45.3 Å². The fourth-order valence-corrected chi connectivity index (χ4v) is 3.02. The summed E-state index contributed by atoms with van der Waals surface area (Å²) < 4.78 is 5.97. The lowest BCUT2D eigenvalue weighted by Crippen LogP contribution is -2.47. The SMILES string of the molecule is CCC1(CC)CC(N2CCC(=O)C2)CCO1. The Kier molecular flexibility index (Phi) is 3.65. The number of likely N-dealkylation sites (tertiary alicyclic amines) is 1. The van der Waals surface area contributed by atoms with Crippen molar-refractivity contribution < 1.29 is 9.53 Å². The maximum absolute atomic E-state index is 11.3. The zero-order valence-corrected chi connectivity index (χ0v) is 10.5. The van der Waals surface area contributed by atoms with Crippen LogP contribution < -0.4 is 0 Å². The van der Waals surface area contributed by atoms with Crippen LogP contribution in [0.4, 0.5) is 0 Å². The second-order valence-corrected chi connectivity index (χ2v) is 5.14. The molecule has 2 aliphatic rings. The molecule has 0 aromatic heterocycles. The zero-order chi connectivity index (χ0) is 11.6. The maximum Gasteiger partial charge on any atom is 0.148 e. The highest BCUT2D eigenvalue weighted by atomic mass is 16.5. The van der Waals surface area contributed by atoms with E-state index >= 15 is 0 Å². The number of carbonyl (C=O) groups excluding carboxylic acids is 1. The summed E-state index contributed by atoms with van der Waals surface area (Å²) in [6, 6.07) is 0.570. The van der Waals surface area contributed by atoms with Gasteiger partial charge in [0.1, 0.15) is 5.78 Å². The van der Waals surface area contributed by atoms with Gasteiger partial charge < -0.3 is 4.74 Å². The fourth-order valence-electron chi connectivity index (χ4n) is 3.02. The Balaban J connectivity index is 1.98. The van der Waals surface area contributed by atoms with Crippen molar-refractivity contribution in [3.63, 3.8) is 0 Å². The first kappa shape index (κ1) is 12.1. The van der Waals surface area contributed by atoms with E-state index in [0.29, 0.717) is 18.4 Å². The molecule has 3 heteroatoms. The van der Waals surface area contributed by atoms with Crippen LogP contribution in [-0.4, -0.2) is 42.0 Å². The van der Waals surface area contributed by atoms with Crippen LogP contribution in [0.3, 0.4) is 0 Å². The highest BCUT2D eigenvalue weighted by molar-refractivity contribution is 5.82. The van der Waals surface area contributed by atoms with Gasteiger partial charge in [-0.05, 0) is 25.7 Å². The van der Waals surface area contributed by atoms with Gasteiger partial charge in [0, 0.05) is 25.6 Å². The third-order valence-corrected chi connectivity index (χ3v) is 4.33. The third kappa shape index (κ3) is 2.30. The number of nitrogens with zero attached hydrogens (tertiary/aromatic N) is 1. The van der Waals surface area contributed by atoms with E-state index in [4.69, 9.17) is 4.74 Å². The van der Waals surface area contributed by atoms with Crippen LogP contribution in [0.5, 0.6) is 0 Å². The Morgan fingerprint density at radius 3 is 2.75 bits per heavy atom. The molecule has 1 unspecified atom stereocenters. The molecule has 0 saturated carbocycles. The van der Waals surface area contributed by atoms with Crippen molar-refractivity contribution in [3.05, 3.63) is 0 Å². The lowest BCUT2D eigenvalue weighted by molar-refractivity contribution is -0.120. The Labute approximate surface area is 98.1 Å². The van der Waals surface area contributed by atoms with Gasteiger partial charge in [0.15, 0.2) is 0 Å². The third-order valence-electron chi connectivity index (χ3n) is 4.33. The molecule has 0 aromatic rings. The van der Waals surface area contributed by atoms with Crippen LogP contribution in [0.25, 0.3) is 0 Å². The number of ketones is 1. The molecule has 3 nitrogen and oxygen atoms in total. The summed E-state index contributed by atoms with van der Waals surface area (Å²) in [5.74, 6) is 0.407. The van der Waals surface area contributed by atoms with Crippen molar-refractivity contribution >= 4 is 5.78 Å². The average Bonchev–Trinajstić information content (AvgIpc) is 2.76. The highest BCUT2D eigenvalue weighted by Crippen LogP contribution is 2.34. The standard InChI is InChI=1S/C13H23NO2/c1-3-13(4-2)9-11(6-8-16-13)14-7-5-12(15)10-14/h11H,3-10H2,1-2H3. The molecular formula is C13H23NO2. The van der Waals surface area contributed by atoms with E-state index in [1.807, 2.05) is 0 Å². The van der Waals surface area contributed by atoms with Gasteiger partial charge >= 0.3 is 0 Å². The van der Waals surface area contributed by atoms with Crippen LogP contribution in [-0.2, 0) is 9.53 Å². The van der Waals surface area contributed by atoms with Crippen LogP contribution in [0.1, 0.15) is 46.0 Å². The maximum atomic E-state index is 11.3. The minimum absolute atomic E-state index is 0.0779. The number of Topliss-reactive ketones (excluding diaryl/α,β-unsaturated/α-hetero) is 1. The second kappa shape index (κ2) is 4.84. The molecule has 0 radical (unpaired) electrons. The summed E-state index contributed by atoms with van der Waals surface area (Å²) in [6.45, 7) is 6.92. The topological polar surface area (TPSA) is 29.5 Å². The molecule has 2 saturated heterocycles. The van der Waals surface area contributed by atoms with Gasteiger partial charge in [-0.2, -0.15) is 0 Å². The quantitative estimate of drug-likeness (QED) is 0.735. The van der Waals surface area contributed by atoms with Gasteiger partial charge in [-0.15, -0.1) is 0 Å². The molecule has 92 valence electrons. The lowest BCUT2D eigenvalue weighted by Gasteiger charge is -2.43. The van der Waals surface area contributed by atoms with E-state index in [-0.39, 0.29) is 5.60 Å². The molecule has 2 fully saturated rings. The van der Waals surface area contributed by atoms with E-state index < -0.39 is 0 Å². The van der Waals surface area contributed by atoms with Gasteiger partial charge in [0.25, 0.3) is 0 Å². The minimum Gasteiger partial charge on any atom is -0.375 e. The lowest BCUT2D eigenvalue weighted by atomic mass is 9.85. The van der Waals surface area contributed by atoms with Crippen LogP contribution in [0, 0.1) is 0 Å². The van der Waals surface area contributed by atoms with E-state index in [2.05, 4.69) is 18.7 Å². The molecular weight excluding hydrogens is 202 g/mol. The Bertz CT molecular complexity index is 261. The average molecular weight is 225 g/mol. The molecule has 1 atom stereocenters. The van der Waals surface area contributed by atoms with Crippen LogP contribution >= 0.6 is 0 Å². The molecule has 0 N–H and O–H groups in total. The summed E-state index contributed by atoms with van der Waals surface area (Å²) in [6.07, 6.45) is 5.12. The van der Waals surface area contributed by atoms with Gasteiger partial charge in [0.05, 0.1) is 12.1 Å². The van der Waals surface area contributed by atoms with E-state index in [9.17, 15) is 4.79 Å². The largest absolute Gasteiger partial charge is 0.375 e. The van der Waals surface area contributed by atoms with Crippen LogP contribution in [0.15, 0.2) is 0 Å². The number of carbonyl (C=O) groups is 1. The van der Waals surface area contributed by atoms with Crippen molar-refractivity contribution in [1.29, 1.82) is 0 Å². The fraction of sp³-hybridized carbons (Fsp3) is 0.923. The smallest absolute Gasteiger partial charge is 0.148 e. The monoisotopic (exact) mass is 225 g/mol. The van der Waals surface area contributed by atoms with Gasteiger partial charge in [-0.3, -0.25) is 9.69 Å². The first-order valence-corrected chi connectivity index (χ1v) is 6.59. The number of rotatable bonds is 3. The minimum atomic E-state index is 0.0779. The molecule has 0 bridgehead atoms. The van der Waals surface area contributed by atoms with E-state index in [1.54, 1.807) is 0 Å². The zero-order valence-electron chi connectivity index (χ0n) is 10.5. The normalized spacial score (nSPS) is 30.9. The molecule has 0 spiro atoms. The molecule has 0 aromatic carbocycles. The first-order valence-electron chi connectivity index (χ1n) is 6.59. The summed E-state index contributed by atoms with van der Waals surface area (Å²) in [5, 5.41) is 0. The Morgan fingerprint density at radius 1 is 1.44 bits per heavy atom. The predicted octanol–water partition coefficient (Wildman–Crippen LogP) is 2.00.